The van der Waals surface area contributed by atoms with Crippen molar-refractivity contribution in [3.8, 4) is 0 Å². The highest BCUT2D eigenvalue weighted by molar-refractivity contribution is 5.88. The van der Waals surface area contributed by atoms with Gasteiger partial charge < -0.3 is 19.3 Å². The summed E-state index contributed by atoms with van der Waals surface area (Å²) >= 11 is 0. The standard InChI is InChI=1S/C20H28O6/c1-6-12(3)17(21)25-15-14-13(24-18(22)20(14,5)23)10-11(2)8-7-9-19(4)16(15)26-19/h6,8,13-16,23H,7,9-10H2,1-5H3/b11-8?,12-6-/t13-,14+,15+,16-,19-,20-/m0/s1. The first-order valence-corrected chi connectivity index (χ1v) is 9.21. The molecule has 6 atom stereocenters. The summed E-state index contributed by atoms with van der Waals surface area (Å²) < 4.78 is 17.2. The van der Waals surface area contributed by atoms with Crippen LogP contribution in [-0.4, -0.2) is 46.6 Å². The number of carbonyl (C=O) groups is 2. The second-order valence-corrected chi connectivity index (χ2v) is 8.10. The van der Waals surface area contributed by atoms with Gasteiger partial charge in [-0.25, -0.2) is 9.59 Å². The fraction of sp³-hybridized carbons (Fsp3) is 0.700. The van der Waals surface area contributed by atoms with Crippen molar-refractivity contribution in [3.05, 3.63) is 23.3 Å². The summed E-state index contributed by atoms with van der Waals surface area (Å²) in [6.07, 6.45) is 4.27. The number of fused-ring (bicyclic) bond motifs is 2. The Morgan fingerprint density at radius 1 is 1.42 bits per heavy atom. The third-order valence-electron chi connectivity index (χ3n) is 5.97. The van der Waals surface area contributed by atoms with Crippen molar-refractivity contribution in [1.29, 1.82) is 0 Å². The Kier molecular flexibility index (Phi) is 4.78. The van der Waals surface area contributed by atoms with E-state index in [2.05, 4.69) is 6.08 Å². The number of rotatable bonds is 2. The van der Waals surface area contributed by atoms with Gasteiger partial charge in [0.25, 0.3) is 0 Å². The molecule has 2 aliphatic heterocycles. The fourth-order valence-electron chi connectivity index (χ4n) is 4.06. The Bertz CT molecular complexity index is 676. The molecule has 144 valence electrons. The van der Waals surface area contributed by atoms with E-state index in [0.29, 0.717) is 12.0 Å². The highest BCUT2D eigenvalue weighted by Gasteiger charge is 2.66. The predicted molar refractivity (Wildman–Crippen MR) is 94.2 cm³/mol. The van der Waals surface area contributed by atoms with Crippen molar-refractivity contribution < 1.29 is 28.9 Å². The van der Waals surface area contributed by atoms with Crippen LogP contribution in [-0.2, 0) is 23.8 Å². The second-order valence-electron chi connectivity index (χ2n) is 8.10. The van der Waals surface area contributed by atoms with Crippen molar-refractivity contribution >= 4 is 11.9 Å². The Morgan fingerprint density at radius 2 is 2.12 bits per heavy atom. The molecule has 3 aliphatic rings. The van der Waals surface area contributed by atoms with Crippen molar-refractivity contribution in [2.45, 2.75) is 83.4 Å². The van der Waals surface area contributed by atoms with Gasteiger partial charge in [-0.15, -0.1) is 0 Å². The maximum Gasteiger partial charge on any atom is 0.338 e. The van der Waals surface area contributed by atoms with Gasteiger partial charge in [0, 0.05) is 12.0 Å². The average molecular weight is 364 g/mol. The first kappa shape index (κ1) is 19.1. The van der Waals surface area contributed by atoms with Crippen molar-refractivity contribution in [2.75, 3.05) is 0 Å². The molecule has 2 fully saturated rings. The van der Waals surface area contributed by atoms with Gasteiger partial charge in [-0.2, -0.15) is 0 Å². The summed E-state index contributed by atoms with van der Waals surface area (Å²) in [5, 5.41) is 10.9. The third-order valence-corrected chi connectivity index (χ3v) is 5.97. The highest BCUT2D eigenvalue weighted by atomic mass is 16.6. The number of epoxide rings is 1. The molecule has 2 saturated heterocycles. The van der Waals surface area contributed by atoms with Gasteiger partial charge in [-0.3, -0.25) is 0 Å². The van der Waals surface area contributed by atoms with Crippen molar-refractivity contribution in [2.24, 2.45) is 5.92 Å². The van der Waals surface area contributed by atoms with Crippen molar-refractivity contribution in [3.63, 3.8) is 0 Å². The van der Waals surface area contributed by atoms with Gasteiger partial charge in [-0.05, 0) is 47.5 Å². The number of carbonyl (C=O) groups excluding carboxylic acids is 2. The van der Waals surface area contributed by atoms with Crippen LogP contribution in [0.5, 0.6) is 0 Å². The first-order chi connectivity index (χ1) is 12.1. The molecule has 2 heterocycles. The molecule has 1 aliphatic carbocycles. The van der Waals surface area contributed by atoms with E-state index in [4.69, 9.17) is 14.2 Å². The van der Waals surface area contributed by atoms with Gasteiger partial charge in [0.2, 0.25) is 0 Å². The van der Waals surface area contributed by atoms with E-state index in [9.17, 15) is 14.7 Å². The van der Waals surface area contributed by atoms with Crippen LogP contribution >= 0.6 is 0 Å². The lowest BCUT2D eigenvalue weighted by Crippen LogP contribution is -2.50. The van der Waals surface area contributed by atoms with Gasteiger partial charge in [-0.1, -0.05) is 17.7 Å². The zero-order valence-electron chi connectivity index (χ0n) is 16.1. The molecule has 26 heavy (non-hydrogen) atoms. The summed E-state index contributed by atoms with van der Waals surface area (Å²) in [5.41, 5.74) is -0.606. The van der Waals surface area contributed by atoms with Gasteiger partial charge in [0.15, 0.2) is 5.60 Å². The summed E-state index contributed by atoms with van der Waals surface area (Å²) in [5.74, 6) is -1.82. The molecule has 0 spiro atoms. The van der Waals surface area contributed by atoms with Crippen LogP contribution in [0.25, 0.3) is 0 Å². The van der Waals surface area contributed by atoms with E-state index in [-0.39, 0.29) is 6.10 Å². The molecule has 0 aromatic carbocycles. The van der Waals surface area contributed by atoms with Crippen LogP contribution in [0.15, 0.2) is 23.3 Å². The largest absolute Gasteiger partial charge is 0.459 e. The van der Waals surface area contributed by atoms with E-state index >= 15 is 0 Å². The monoisotopic (exact) mass is 364 g/mol. The van der Waals surface area contributed by atoms with E-state index in [1.807, 2.05) is 13.8 Å². The smallest absolute Gasteiger partial charge is 0.338 e. The molecular weight excluding hydrogens is 336 g/mol. The minimum absolute atomic E-state index is 0.364. The third kappa shape index (κ3) is 3.21. The summed E-state index contributed by atoms with van der Waals surface area (Å²) in [6.45, 7) is 8.84. The maximum atomic E-state index is 12.4. The number of allylic oxidation sites excluding steroid dienone is 2. The fourth-order valence-corrected chi connectivity index (χ4v) is 4.06. The Labute approximate surface area is 154 Å². The molecule has 0 amide bonds. The Morgan fingerprint density at radius 3 is 2.77 bits per heavy atom. The van der Waals surface area contributed by atoms with Gasteiger partial charge in [0.1, 0.15) is 18.3 Å². The zero-order chi connectivity index (χ0) is 19.3. The van der Waals surface area contributed by atoms with Gasteiger partial charge >= 0.3 is 11.9 Å². The summed E-state index contributed by atoms with van der Waals surface area (Å²) in [4.78, 5) is 24.7. The molecule has 0 unspecified atom stereocenters. The van der Waals surface area contributed by atoms with Crippen LogP contribution < -0.4 is 0 Å². The molecule has 0 aromatic heterocycles. The average Bonchev–Trinajstić information content (AvgIpc) is 3.17. The van der Waals surface area contributed by atoms with Crippen molar-refractivity contribution in [1.82, 2.24) is 0 Å². The van der Waals surface area contributed by atoms with E-state index in [1.165, 1.54) is 6.92 Å². The van der Waals surface area contributed by atoms with Gasteiger partial charge in [0.05, 0.1) is 11.5 Å². The molecule has 1 N–H and O–H groups in total. The molecule has 0 radical (unpaired) electrons. The quantitative estimate of drug-likeness (QED) is 0.351. The predicted octanol–water partition coefficient (Wildman–Crippen LogP) is 2.44. The van der Waals surface area contributed by atoms with Crippen LogP contribution in [0.1, 0.15) is 53.9 Å². The molecule has 6 heteroatoms. The van der Waals surface area contributed by atoms with E-state index in [0.717, 1.165) is 18.4 Å². The summed E-state index contributed by atoms with van der Waals surface area (Å²) in [6, 6.07) is 0. The lowest BCUT2D eigenvalue weighted by Gasteiger charge is -2.32. The van der Waals surface area contributed by atoms with Crippen LogP contribution in [0.2, 0.25) is 0 Å². The minimum Gasteiger partial charge on any atom is -0.459 e. The van der Waals surface area contributed by atoms with Crippen LogP contribution in [0.3, 0.4) is 0 Å². The maximum absolute atomic E-state index is 12.4. The minimum atomic E-state index is -1.73. The Hall–Kier alpha value is -1.66. The zero-order valence-corrected chi connectivity index (χ0v) is 16.1. The molecule has 0 aromatic rings. The van der Waals surface area contributed by atoms with E-state index < -0.39 is 41.3 Å². The number of hydrogen-bond donors (Lipinski definition) is 1. The number of esters is 2. The van der Waals surface area contributed by atoms with E-state index in [1.54, 1.807) is 19.9 Å². The molecule has 3 rings (SSSR count). The molecular formula is C20H28O6. The topological polar surface area (TPSA) is 85.4 Å². The molecule has 0 bridgehead atoms. The van der Waals surface area contributed by atoms with Crippen LogP contribution in [0, 0.1) is 5.92 Å². The first-order valence-electron chi connectivity index (χ1n) is 9.21. The SMILES string of the molecule is C/C=C(/C)C(=O)O[C@@H]1[C@H]2[C@H](CC(C)=CCC[C@]3(C)O[C@@H]13)OC(=O)[C@@]2(C)O. The second kappa shape index (κ2) is 6.50. The Balaban J connectivity index is 2.00. The normalized spacial score (nSPS) is 42.9. The number of hydrogen-bond acceptors (Lipinski definition) is 6. The van der Waals surface area contributed by atoms with Crippen LogP contribution in [0.4, 0.5) is 0 Å². The molecule has 0 saturated carbocycles. The summed E-state index contributed by atoms with van der Waals surface area (Å²) in [7, 11) is 0. The molecule has 6 nitrogen and oxygen atoms in total. The number of aliphatic hydroxyl groups is 1. The number of ether oxygens (including phenoxy) is 3. The lowest BCUT2D eigenvalue weighted by molar-refractivity contribution is -0.160. The lowest BCUT2D eigenvalue weighted by atomic mass is 9.77. The highest BCUT2D eigenvalue weighted by Crippen LogP contribution is 2.50.